The van der Waals surface area contributed by atoms with Crippen molar-refractivity contribution >= 4 is 23.1 Å². The van der Waals surface area contributed by atoms with Gasteiger partial charge in [-0.2, -0.15) is 0 Å². The van der Waals surface area contributed by atoms with Crippen LogP contribution < -0.4 is 5.32 Å². The summed E-state index contributed by atoms with van der Waals surface area (Å²) in [5, 5.41) is 13.8. The number of anilines is 1. The second kappa shape index (κ2) is 8.73. The monoisotopic (exact) mass is 374 g/mol. The van der Waals surface area contributed by atoms with Gasteiger partial charge < -0.3 is 5.32 Å². The molecule has 0 fully saturated rings. The maximum absolute atomic E-state index is 12.8. The molecule has 3 aromatic carbocycles. The number of hydrogen-bond donors (Lipinski definition) is 1. The van der Waals surface area contributed by atoms with Gasteiger partial charge in [-0.15, -0.1) is 0 Å². The maximum Gasteiger partial charge on any atom is 0.270 e. The molecule has 0 aliphatic rings. The summed E-state index contributed by atoms with van der Waals surface area (Å²) in [6.07, 6.45) is 0.793. The molecule has 0 aromatic heterocycles. The van der Waals surface area contributed by atoms with Gasteiger partial charge in [0.2, 0.25) is 5.91 Å². The van der Waals surface area contributed by atoms with Gasteiger partial charge in [-0.1, -0.05) is 60.7 Å². The summed E-state index contributed by atoms with van der Waals surface area (Å²) in [5.41, 5.74) is 1.57. The molecule has 0 aliphatic carbocycles. The summed E-state index contributed by atoms with van der Waals surface area (Å²) >= 11 is 0. The topological polar surface area (TPSA) is 89.3 Å². The Kier molecular flexibility index (Phi) is 5.91. The molecule has 0 heterocycles. The average Bonchev–Trinajstić information content (AvgIpc) is 2.73. The lowest BCUT2D eigenvalue weighted by atomic mass is 10.0. The predicted octanol–water partition coefficient (Wildman–Crippen LogP) is 4.40. The van der Waals surface area contributed by atoms with Crippen LogP contribution in [0.4, 0.5) is 11.4 Å². The molecule has 6 heteroatoms. The first-order chi connectivity index (χ1) is 13.5. The van der Waals surface area contributed by atoms with E-state index in [9.17, 15) is 19.7 Å². The SMILES string of the molecule is O=C(CCc1ccccc1)Nc1ccc([N+](=O)[O-])cc1C(=O)c1ccccc1. The number of carbonyl (C=O) groups excluding carboxylic acids is 2. The Morgan fingerprint density at radius 2 is 1.54 bits per heavy atom. The zero-order valence-corrected chi connectivity index (χ0v) is 15.0. The highest BCUT2D eigenvalue weighted by atomic mass is 16.6. The molecule has 0 spiro atoms. The number of benzene rings is 3. The van der Waals surface area contributed by atoms with Crippen LogP contribution in [0.25, 0.3) is 0 Å². The molecule has 0 atom stereocenters. The lowest BCUT2D eigenvalue weighted by Gasteiger charge is -2.11. The molecule has 0 saturated carbocycles. The summed E-state index contributed by atoms with van der Waals surface area (Å²) in [6.45, 7) is 0. The first kappa shape index (κ1) is 19.0. The Balaban J connectivity index is 1.82. The minimum Gasteiger partial charge on any atom is -0.325 e. The first-order valence-electron chi connectivity index (χ1n) is 8.76. The van der Waals surface area contributed by atoms with Gasteiger partial charge in [-0.05, 0) is 18.1 Å². The van der Waals surface area contributed by atoms with E-state index >= 15 is 0 Å². The van der Waals surface area contributed by atoms with E-state index in [0.29, 0.717) is 12.0 Å². The number of nitrogens with zero attached hydrogens (tertiary/aromatic N) is 1. The van der Waals surface area contributed by atoms with Gasteiger partial charge in [-0.3, -0.25) is 19.7 Å². The Morgan fingerprint density at radius 3 is 2.18 bits per heavy atom. The highest BCUT2D eigenvalue weighted by Crippen LogP contribution is 2.25. The van der Waals surface area contributed by atoms with E-state index in [1.54, 1.807) is 30.3 Å². The molecule has 0 radical (unpaired) electrons. The van der Waals surface area contributed by atoms with Crippen molar-refractivity contribution in [3.8, 4) is 0 Å². The van der Waals surface area contributed by atoms with Gasteiger partial charge in [0.05, 0.1) is 16.2 Å². The van der Waals surface area contributed by atoms with E-state index in [2.05, 4.69) is 5.32 Å². The number of rotatable bonds is 7. The van der Waals surface area contributed by atoms with Crippen molar-refractivity contribution in [3.05, 3.63) is 106 Å². The number of aryl methyl sites for hydroxylation is 1. The van der Waals surface area contributed by atoms with E-state index in [4.69, 9.17) is 0 Å². The van der Waals surface area contributed by atoms with E-state index in [1.165, 1.54) is 18.2 Å². The van der Waals surface area contributed by atoms with Gasteiger partial charge in [0.15, 0.2) is 5.78 Å². The minimum atomic E-state index is -0.567. The van der Waals surface area contributed by atoms with Crippen LogP contribution in [-0.2, 0) is 11.2 Å². The lowest BCUT2D eigenvalue weighted by Crippen LogP contribution is -2.16. The fraction of sp³-hybridized carbons (Fsp3) is 0.0909. The Morgan fingerprint density at radius 1 is 0.893 bits per heavy atom. The van der Waals surface area contributed by atoms with E-state index in [0.717, 1.165) is 5.56 Å². The van der Waals surface area contributed by atoms with Crippen LogP contribution in [0.15, 0.2) is 78.9 Å². The zero-order chi connectivity index (χ0) is 19.9. The van der Waals surface area contributed by atoms with Crippen molar-refractivity contribution in [2.75, 3.05) is 5.32 Å². The first-order valence-corrected chi connectivity index (χ1v) is 8.76. The molecule has 1 amide bonds. The largest absolute Gasteiger partial charge is 0.325 e. The van der Waals surface area contributed by atoms with Crippen molar-refractivity contribution < 1.29 is 14.5 Å². The number of amides is 1. The van der Waals surface area contributed by atoms with Gasteiger partial charge in [0, 0.05) is 24.1 Å². The van der Waals surface area contributed by atoms with Gasteiger partial charge >= 0.3 is 0 Å². The van der Waals surface area contributed by atoms with Crippen molar-refractivity contribution in [2.45, 2.75) is 12.8 Å². The highest BCUT2D eigenvalue weighted by Gasteiger charge is 2.19. The van der Waals surface area contributed by atoms with Crippen molar-refractivity contribution in [1.82, 2.24) is 0 Å². The number of hydrogen-bond acceptors (Lipinski definition) is 4. The number of carbonyl (C=O) groups is 2. The normalized spacial score (nSPS) is 10.3. The third-order valence-corrected chi connectivity index (χ3v) is 4.25. The molecule has 28 heavy (non-hydrogen) atoms. The zero-order valence-electron chi connectivity index (χ0n) is 15.0. The summed E-state index contributed by atoms with van der Waals surface area (Å²) < 4.78 is 0. The fourth-order valence-electron chi connectivity index (χ4n) is 2.80. The van der Waals surface area contributed by atoms with Crippen LogP contribution >= 0.6 is 0 Å². The Labute approximate surface area is 162 Å². The fourth-order valence-corrected chi connectivity index (χ4v) is 2.80. The number of ketones is 1. The van der Waals surface area contributed by atoms with Crippen LogP contribution in [-0.4, -0.2) is 16.6 Å². The van der Waals surface area contributed by atoms with Crippen LogP contribution in [0.5, 0.6) is 0 Å². The second-order valence-electron chi connectivity index (χ2n) is 6.22. The second-order valence-corrected chi connectivity index (χ2v) is 6.22. The third kappa shape index (κ3) is 4.67. The quantitative estimate of drug-likeness (QED) is 0.377. The van der Waals surface area contributed by atoms with Crippen LogP contribution in [0.3, 0.4) is 0 Å². The molecular formula is C22H18N2O4. The van der Waals surface area contributed by atoms with Crippen molar-refractivity contribution in [1.29, 1.82) is 0 Å². The molecule has 3 aromatic rings. The average molecular weight is 374 g/mol. The molecule has 140 valence electrons. The van der Waals surface area contributed by atoms with Gasteiger partial charge in [0.1, 0.15) is 0 Å². The van der Waals surface area contributed by atoms with Gasteiger partial charge in [-0.25, -0.2) is 0 Å². The smallest absolute Gasteiger partial charge is 0.270 e. The molecule has 0 aliphatic heterocycles. The van der Waals surface area contributed by atoms with Crippen LogP contribution in [0.1, 0.15) is 27.9 Å². The summed E-state index contributed by atoms with van der Waals surface area (Å²) in [7, 11) is 0. The van der Waals surface area contributed by atoms with Crippen LogP contribution in [0.2, 0.25) is 0 Å². The number of nitrogens with one attached hydrogen (secondary N) is 1. The minimum absolute atomic E-state index is 0.0912. The van der Waals surface area contributed by atoms with Crippen LogP contribution in [0, 0.1) is 10.1 Å². The standard InChI is InChI=1S/C22H18N2O4/c25-21(14-11-16-7-3-1-4-8-16)23-20-13-12-18(24(27)28)15-19(20)22(26)17-9-5-2-6-10-17/h1-10,12-13,15H,11,14H2,(H,23,25). The predicted molar refractivity (Wildman–Crippen MR) is 106 cm³/mol. The Bertz CT molecular complexity index is 1000. The molecule has 0 unspecified atom stereocenters. The summed E-state index contributed by atoms with van der Waals surface area (Å²) in [6, 6.07) is 21.9. The third-order valence-electron chi connectivity index (χ3n) is 4.25. The highest BCUT2D eigenvalue weighted by molar-refractivity contribution is 6.14. The molecule has 0 saturated heterocycles. The molecule has 1 N–H and O–H groups in total. The molecule has 6 nitrogen and oxygen atoms in total. The van der Waals surface area contributed by atoms with E-state index < -0.39 is 4.92 Å². The summed E-state index contributed by atoms with van der Waals surface area (Å²) in [4.78, 5) is 35.7. The van der Waals surface area contributed by atoms with Crippen molar-refractivity contribution in [2.24, 2.45) is 0 Å². The van der Waals surface area contributed by atoms with Gasteiger partial charge in [0.25, 0.3) is 5.69 Å². The molecule has 3 rings (SSSR count). The molecular weight excluding hydrogens is 356 g/mol. The number of nitro groups is 1. The summed E-state index contributed by atoms with van der Waals surface area (Å²) in [5.74, 6) is -0.650. The maximum atomic E-state index is 12.8. The van der Waals surface area contributed by atoms with Crippen molar-refractivity contribution in [3.63, 3.8) is 0 Å². The Hall–Kier alpha value is -3.80. The van der Waals surface area contributed by atoms with E-state index in [1.807, 2.05) is 30.3 Å². The number of non-ortho nitro benzene ring substituents is 1. The van der Waals surface area contributed by atoms with E-state index in [-0.39, 0.29) is 35.0 Å². The molecule has 0 bridgehead atoms. The lowest BCUT2D eigenvalue weighted by molar-refractivity contribution is -0.384. The number of nitro benzene ring substituents is 1.